The van der Waals surface area contributed by atoms with Gasteiger partial charge >= 0.3 is 5.97 Å². The van der Waals surface area contributed by atoms with Crippen molar-refractivity contribution in [3.8, 4) is 0 Å². The molecule has 4 heteroatoms. The molecule has 0 aliphatic carbocycles. The van der Waals surface area contributed by atoms with E-state index in [1.54, 1.807) is 6.92 Å². The van der Waals surface area contributed by atoms with Gasteiger partial charge in [-0.05, 0) is 26.3 Å². The molecule has 1 aliphatic heterocycles. The van der Waals surface area contributed by atoms with Crippen LogP contribution in [0, 0.1) is 0 Å². The molecule has 4 nitrogen and oxygen atoms in total. The molecule has 1 saturated heterocycles. The molecule has 14 heavy (non-hydrogen) atoms. The normalized spacial score (nSPS) is 23.4. The van der Waals surface area contributed by atoms with Gasteiger partial charge in [0.2, 0.25) is 0 Å². The fourth-order valence-corrected chi connectivity index (χ4v) is 1.85. The lowest BCUT2D eigenvalue weighted by atomic mass is 10.0. The second kappa shape index (κ2) is 5.98. The van der Waals surface area contributed by atoms with Crippen molar-refractivity contribution in [1.82, 2.24) is 4.90 Å². The number of rotatable bonds is 4. The Labute approximate surface area is 84.8 Å². The molecule has 0 amide bonds. The number of carbonyl (C=O) groups is 1. The van der Waals surface area contributed by atoms with Gasteiger partial charge in [0.15, 0.2) is 0 Å². The molecule has 1 unspecified atom stereocenters. The first-order chi connectivity index (χ1) is 6.77. The lowest BCUT2D eigenvalue weighted by molar-refractivity contribution is -0.145. The van der Waals surface area contributed by atoms with Crippen LogP contribution in [-0.2, 0) is 9.53 Å². The molecule has 0 aromatic heterocycles. The standard InChI is InChI=1S/C10H19NO3/c1-2-14-10(13)7-11-6-4-3-5-9(11)8-12/h9,12H,2-8H2,1H3. The number of hydrogen-bond acceptors (Lipinski definition) is 4. The summed E-state index contributed by atoms with van der Waals surface area (Å²) >= 11 is 0. The number of carbonyl (C=O) groups excluding carboxylic acids is 1. The Morgan fingerprint density at radius 1 is 1.57 bits per heavy atom. The number of ether oxygens (including phenoxy) is 1. The summed E-state index contributed by atoms with van der Waals surface area (Å²) in [6.07, 6.45) is 3.23. The smallest absolute Gasteiger partial charge is 0.320 e. The van der Waals surface area contributed by atoms with Gasteiger partial charge in [0.25, 0.3) is 0 Å². The lowest BCUT2D eigenvalue weighted by Gasteiger charge is -2.33. The molecule has 1 atom stereocenters. The molecular weight excluding hydrogens is 182 g/mol. The number of aliphatic hydroxyl groups is 1. The average Bonchev–Trinajstić information content (AvgIpc) is 2.19. The van der Waals surface area contributed by atoms with Crippen LogP contribution in [0.25, 0.3) is 0 Å². The van der Waals surface area contributed by atoms with Crippen molar-refractivity contribution < 1.29 is 14.6 Å². The molecule has 1 rings (SSSR count). The zero-order chi connectivity index (χ0) is 10.4. The average molecular weight is 201 g/mol. The van der Waals surface area contributed by atoms with Gasteiger partial charge in [-0.25, -0.2) is 0 Å². The van der Waals surface area contributed by atoms with Crippen molar-refractivity contribution in [2.45, 2.75) is 32.2 Å². The molecule has 0 spiro atoms. The summed E-state index contributed by atoms with van der Waals surface area (Å²) in [5.74, 6) is -0.187. The van der Waals surface area contributed by atoms with Gasteiger partial charge in [-0.1, -0.05) is 6.42 Å². The van der Waals surface area contributed by atoms with Crippen molar-refractivity contribution in [3.63, 3.8) is 0 Å². The number of nitrogens with zero attached hydrogens (tertiary/aromatic N) is 1. The monoisotopic (exact) mass is 201 g/mol. The predicted molar refractivity (Wildman–Crippen MR) is 52.9 cm³/mol. The van der Waals surface area contributed by atoms with Gasteiger partial charge in [-0.2, -0.15) is 0 Å². The first kappa shape index (κ1) is 11.5. The van der Waals surface area contributed by atoms with E-state index in [1.165, 1.54) is 0 Å². The molecule has 0 radical (unpaired) electrons. The number of hydrogen-bond donors (Lipinski definition) is 1. The van der Waals surface area contributed by atoms with Crippen LogP contribution < -0.4 is 0 Å². The minimum atomic E-state index is -0.187. The highest BCUT2D eigenvalue weighted by Gasteiger charge is 2.23. The van der Waals surface area contributed by atoms with Crippen molar-refractivity contribution in [2.75, 3.05) is 26.3 Å². The van der Waals surface area contributed by atoms with E-state index >= 15 is 0 Å². The maximum atomic E-state index is 11.2. The van der Waals surface area contributed by atoms with Crippen molar-refractivity contribution in [1.29, 1.82) is 0 Å². The Morgan fingerprint density at radius 2 is 2.36 bits per heavy atom. The summed E-state index contributed by atoms with van der Waals surface area (Å²) in [5, 5.41) is 9.11. The van der Waals surface area contributed by atoms with E-state index in [4.69, 9.17) is 9.84 Å². The topological polar surface area (TPSA) is 49.8 Å². The molecule has 1 aliphatic rings. The number of piperidine rings is 1. The molecule has 0 aromatic carbocycles. The number of esters is 1. The van der Waals surface area contributed by atoms with Gasteiger partial charge < -0.3 is 9.84 Å². The van der Waals surface area contributed by atoms with Crippen LogP contribution in [-0.4, -0.2) is 48.3 Å². The van der Waals surface area contributed by atoms with Crippen LogP contribution in [0.15, 0.2) is 0 Å². The predicted octanol–water partition coefficient (Wildman–Crippen LogP) is 0.396. The highest BCUT2D eigenvalue weighted by atomic mass is 16.5. The van der Waals surface area contributed by atoms with Gasteiger partial charge in [0, 0.05) is 6.04 Å². The number of aliphatic hydroxyl groups excluding tert-OH is 1. The molecule has 1 fully saturated rings. The highest BCUT2D eigenvalue weighted by Crippen LogP contribution is 2.15. The van der Waals surface area contributed by atoms with Gasteiger partial charge in [-0.3, -0.25) is 9.69 Å². The van der Waals surface area contributed by atoms with E-state index < -0.39 is 0 Å². The molecule has 0 saturated carbocycles. The van der Waals surface area contributed by atoms with E-state index in [-0.39, 0.29) is 18.6 Å². The maximum absolute atomic E-state index is 11.2. The first-order valence-corrected chi connectivity index (χ1v) is 5.28. The highest BCUT2D eigenvalue weighted by molar-refractivity contribution is 5.71. The Balaban J connectivity index is 2.36. The summed E-state index contributed by atoms with van der Waals surface area (Å²) < 4.78 is 4.88. The second-order valence-corrected chi connectivity index (χ2v) is 3.61. The SMILES string of the molecule is CCOC(=O)CN1CCCCC1CO. The summed E-state index contributed by atoms with van der Waals surface area (Å²) in [6.45, 7) is 3.58. The number of likely N-dealkylation sites (tertiary alicyclic amines) is 1. The molecule has 0 aromatic rings. The zero-order valence-electron chi connectivity index (χ0n) is 8.74. The molecule has 1 heterocycles. The van der Waals surface area contributed by atoms with Gasteiger partial charge in [0.1, 0.15) is 0 Å². The Morgan fingerprint density at radius 3 is 3.00 bits per heavy atom. The molecule has 82 valence electrons. The quantitative estimate of drug-likeness (QED) is 0.669. The van der Waals surface area contributed by atoms with Crippen molar-refractivity contribution in [3.05, 3.63) is 0 Å². The minimum Gasteiger partial charge on any atom is -0.465 e. The summed E-state index contributed by atoms with van der Waals surface area (Å²) in [4.78, 5) is 13.2. The van der Waals surface area contributed by atoms with E-state index in [1.807, 2.05) is 4.90 Å². The first-order valence-electron chi connectivity index (χ1n) is 5.28. The van der Waals surface area contributed by atoms with E-state index in [9.17, 15) is 4.79 Å². The van der Waals surface area contributed by atoms with Crippen molar-refractivity contribution >= 4 is 5.97 Å². The maximum Gasteiger partial charge on any atom is 0.320 e. The molecule has 1 N–H and O–H groups in total. The van der Waals surface area contributed by atoms with Crippen LogP contribution in [0.4, 0.5) is 0 Å². The summed E-state index contributed by atoms with van der Waals surface area (Å²) in [7, 11) is 0. The largest absolute Gasteiger partial charge is 0.465 e. The molecule has 0 bridgehead atoms. The Bertz CT molecular complexity index is 184. The van der Waals surface area contributed by atoms with E-state index in [0.29, 0.717) is 13.2 Å². The third kappa shape index (κ3) is 3.27. The lowest BCUT2D eigenvalue weighted by Crippen LogP contribution is -2.44. The summed E-state index contributed by atoms with van der Waals surface area (Å²) in [5.41, 5.74) is 0. The fraction of sp³-hybridized carbons (Fsp3) is 0.900. The van der Waals surface area contributed by atoms with Gasteiger partial charge in [-0.15, -0.1) is 0 Å². The Kier molecular flexibility index (Phi) is 4.90. The van der Waals surface area contributed by atoms with Crippen LogP contribution >= 0.6 is 0 Å². The summed E-state index contributed by atoms with van der Waals surface area (Å²) in [6, 6.07) is 0.146. The third-order valence-electron chi connectivity index (χ3n) is 2.60. The van der Waals surface area contributed by atoms with Crippen molar-refractivity contribution in [2.24, 2.45) is 0 Å². The van der Waals surface area contributed by atoms with Crippen LogP contribution in [0.5, 0.6) is 0 Å². The van der Waals surface area contributed by atoms with Crippen LogP contribution in [0.3, 0.4) is 0 Å². The van der Waals surface area contributed by atoms with E-state index in [0.717, 1.165) is 25.8 Å². The molecular formula is C10H19NO3. The second-order valence-electron chi connectivity index (χ2n) is 3.61. The van der Waals surface area contributed by atoms with Crippen LogP contribution in [0.1, 0.15) is 26.2 Å². The van der Waals surface area contributed by atoms with E-state index in [2.05, 4.69) is 0 Å². The Hall–Kier alpha value is -0.610. The third-order valence-corrected chi connectivity index (χ3v) is 2.60. The minimum absolute atomic E-state index is 0.138. The fourth-order valence-electron chi connectivity index (χ4n) is 1.85. The van der Waals surface area contributed by atoms with Gasteiger partial charge in [0.05, 0.1) is 19.8 Å². The van der Waals surface area contributed by atoms with Crippen LogP contribution in [0.2, 0.25) is 0 Å². The zero-order valence-corrected chi connectivity index (χ0v) is 8.74.